The summed E-state index contributed by atoms with van der Waals surface area (Å²) in [6.45, 7) is 7.72. The number of rotatable bonds is 2. The van der Waals surface area contributed by atoms with Crippen LogP contribution in [0.15, 0.2) is 6.20 Å². The van der Waals surface area contributed by atoms with Gasteiger partial charge in [0.05, 0.1) is 4.92 Å². The molecule has 0 spiro atoms. The van der Waals surface area contributed by atoms with Crippen molar-refractivity contribution in [2.45, 2.75) is 39.5 Å². The maximum Gasteiger partial charge on any atom is 0.291 e. The SMILES string of the molecule is CCc1c(Cl)ncc([N+](=O)[O-])c1C(C)(C)C. The molecule has 16 heavy (non-hydrogen) atoms. The molecule has 0 aliphatic carbocycles. The summed E-state index contributed by atoms with van der Waals surface area (Å²) in [6.07, 6.45) is 1.88. The van der Waals surface area contributed by atoms with Gasteiger partial charge in [-0.05, 0) is 17.4 Å². The summed E-state index contributed by atoms with van der Waals surface area (Å²) in [6, 6.07) is 0. The van der Waals surface area contributed by atoms with Crippen molar-refractivity contribution in [1.29, 1.82) is 0 Å². The molecule has 0 aliphatic rings. The molecule has 0 N–H and O–H groups in total. The van der Waals surface area contributed by atoms with Crippen LogP contribution >= 0.6 is 11.6 Å². The molecule has 1 aromatic heterocycles. The van der Waals surface area contributed by atoms with E-state index in [9.17, 15) is 10.1 Å². The Balaban J connectivity index is 3.61. The summed E-state index contributed by atoms with van der Waals surface area (Å²) in [5.41, 5.74) is 1.18. The van der Waals surface area contributed by atoms with Gasteiger partial charge in [0, 0.05) is 5.56 Å². The van der Waals surface area contributed by atoms with Gasteiger partial charge in [0.25, 0.3) is 5.69 Å². The minimum absolute atomic E-state index is 0.0498. The molecule has 1 heterocycles. The molecule has 0 atom stereocenters. The summed E-state index contributed by atoms with van der Waals surface area (Å²) in [4.78, 5) is 14.4. The van der Waals surface area contributed by atoms with E-state index < -0.39 is 4.92 Å². The molecule has 1 aromatic rings. The van der Waals surface area contributed by atoms with Gasteiger partial charge in [-0.25, -0.2) is 4.98 Å². The minimum Gasteiger partial charge on any atom is -0.258 e. The van der Waals surface area contributed by atoms with Gasteiger partial charge >= 0.3 is 0 Å². The number of halogens is 1. The van der Waals surface area contributed by atoms with Gasteiger partial charge < -0.3 is 0 Å². The van der Waals surface area contributed by atoms with Crippen molar-refractivity contribution in [3.05, 3.63) is 32.6 Å². The predicted octanol–water partition coefficient (Wildman–Crippen LogP) is 3.50. The molecule has 0 saturated carbocycles. The third-order valence-electron chi connectivity index (χ3n) is 2.41. The van der Waals surface area contributed by atoms with E-state index in [-0.39, 0.29) is 11.1 Å². The molecule has 1 rings (SSSR count). The number of nitrogens with zero attached hydrogens (tertiary/aromatic N) is 2. The summed E-state index contributed by atoms with van der Waals surface area (Å²) in [7, 11) is 0. The first-order valence-corrected chi connectivity index (χ1v) is 5.49. The first kappa shape index (κ1) is 12.9. The van der Waals surface area contributed by atoms with Crippen molar-refractivity contribution in [2.24, 2.45) is 0 Å². The van der Waals surface area contributed by atoms with Crippen LogP contribution in [0.5, 0.6) is 0 Å². The van der Waals surface area contributed by atoms with Crippen LogP contribution < -0.4 is 0 Å². The fraction of sp³-hybridized carbons (Fsp3) is 0.545. The molecule has 0 fully saturated rings. The molecule has 0 aliphatic heterocycles. The van der Waals surface area contributed by atoms with Gasteiger partial charge in [0.1, 0.15) is 11.3 Å². The number of hydrogen-bond donors (Lipinski definition) is 0. The first-order chi connectivity index (χ1) is 7.29. The highest BCUT2D eigenvalue weighted by molar-refractivity contribution is 6.30. The molecule has 0 saturated heterocycles. The average Bonchev–Trinajstić information content (AvgIpc) is 2.15. The second-order valence-corrected chi connectivity index (χ2v) is 5.01. The van der Waals surface area contributed by atoms with Crippen LogP contribution in [0.1, 0.15) is 38.8 Å². The van der Waals surface area contributed by atoms with Crippen LogP contribution in [-0.4, -0.2) is 9.91 Å². The van der Waals surface area contributed by atoms with E-state index in [1.54, 1.807) is 0 Å². The van der Waals surface area contributed by atoms with Gasteiger partial charge in [-0.3, -0.25) is 10.1 Å². The number of pyridine rings is 1. The summed E-state index contributed by atoms with van der Waals surface area (Å²) < 4.78 is 0. The Labute approximate surface area is 99.8 Å². The highest BCUT2D eigenvalue weighted by Gasteiger charge is 2.29. The van der Waals surface area contributed by atoms with Gasteiger partial charge in [-0.15, -0.1) is 0 Å². The smallest absolute Gasteiger partial charge is 0.258 e. The molecule has 0 aromatic carbocycles. The molecule has 0 unspecified atom stereocenters. The molecular weight excluding hydrogens is 228 g/mol. The highest BCUT2D eigenvalue weighted by atomic mass is 35.5. The zero-order valence-electron chi connectivity index (χ0n) is 9.87. The Hall–Kier alpha value is -1.16. The van der Waals surface area contributed by atoms with E-state index in [0.29, 0.717) is 17.1 Å². The first-order valence-electron chi connectivity index (χ1n) is 5.11. The third kappa shape index (κ3) is 2.32. The quantitative estimate of drug-likeness (QED) is 0.453. The molecule has 0 amide bonds. The zero-order chi connectivity index (χ0) is 12.5. The predicted molar refractivity (Wildman–Crippen MR) is 64.0 cm³/mol. The van der Waals surface area contributed by atoms with Crippen LogP contribution in [0.3, 0.4) is 0 Å². The Morgan fingerprint density at radius 3 is 2.44 bits per heavy atom. The third-order valence-corrected chi connectivity index (χ3v) is 2.73. The summed E-state index contributed by atoms with van der Waals surface area (Å²) >= 11 is 5.98. The molecular formula is C11H15ClN2O2. The van der Waals surface area contributed by atoms with Crippen molar-refractivity contribution in [2.75, 3.05) is 0 Å². The Bertz CT molecular complexity index is 425. The monoisotopic (exact) mass is 242 g/mol. The largest absolute Gasteiger partial charge is 0.291 e. The van der Waals surface area contributed by atoms with Crippen LogP contribution in [-0.2, 0) is 11.8 Å². The minimum atomic E-state index is -0.400. The fourth-order valence-corrected chi connectivity index (χ4v) is 2.09. The van der Waals surface area contributed by atoms with Crippen molar-refractivity contribution < 1.29 is 4.92 Å². The van der Waals surface area contributed by atoms with Gasteiger partial charge in [-0.2, -0.15) is 0 Å². The fourth-order valence-electron chi connectivity index (χ4n) is 1.82. The van der Waals surface area contributed by atoms with Crippen molar-refractivity contribution in [3.63, 3.8) is 0 Å². The Morgan fingerprint density at radius 2 is 2.06 bits per heavy atom. The van der Waals surface area contributed by atoms with E-state index >= 15 is 0 Å². The van der Waals surface area contributed by atoms with Crippen LogP contribution in [0.4, 0.5) is 5.69 Å². The van der Waals surface area contributed by atoms with Gasteiger partial charge in [-0.1, -0.05) is 39.3 Å². The Kier molecular flexibility index (Phi) is 3.53. The standard InChI is InChI=1S/C11H15ClN2O2/c1-5-7-9(11(2,3)4)8(14(15)16)6-13-10(7)12/h6H,5H2,1-4H3. The molecule has 5 heteroatoms. The van der Waals surface area contributed by atoms with Gasteiger partial charge in [0.15, 0.2) is 0 Å². The maximum absolute atomic E-state index is 11.0. The molecule has 0 radical (unpaired) electrons. The maximum atomic E-state index is 11.0. The van der Waals surface area contributed by atoms with Crippen LogP contribution in [0.25, 0.3) is 0 Å². The van der Waals surface area contributed by atoms with E-state index in [1.165, 1.54) is 6.20 Å². The van der Waals surface area contributed by atoms with Crippen LogP contribution in [0, 0.1) is 10.1 Å². The van der Waals surface area contributed by atoms with E-state index in [1.807, 2.05) is 27.7 Å². The average molecular weight is 243 g/mol. The van der Waals surface area contributed by atoms with Crippen molar-refractivity contribution >= 4 is 17.3 Å². The zero-order valence-corrected chi connectivity index (χ0v) is 10.6. The summed E-state index contributed by atoms with van der Waals surface area (Å²) in [5.74, 6) is 0. The molecule has 88 valence electrons. The van der Waals surface area contributed by atoms with Crippen molar-refractivity contribution in [1.82, 2.24) is 4.98 Å². The lowest BCUT2D eigenvalue weighted by atomic mass is 9.83. The molecule has 4 nitrogen and oxygen atoms in total. The van der Waals surface area contributed by atoms with E-state index in [4.69, 9.17) is 11.6 Å². The van der Waals surface area contributed by atoms with E-state index in [2.05, 4.69) is 4.98 Å². The lowest BCUT2D eigenvalue weighted by Gasteiger charge is -2.22. The lowest BCUT2D eigenvalue weighted by Crippen LogP contribution is -2.17. The second kappa shape index (κ2) is 4.37. The number of aromatic nitrogens is 1. The lowest BCUT2D eigenvalue weighted by molar-refractivity contribution is -0.386. The van der Waals surface area contributed by atoms with Gasteiger partial charge in [0.2, 0.25) is 0 Å². The second-order valence-electron chi connectivity index (χ2n) is 4.65. The van der Waals surface area contributed by atoms with Crippen LogP contribution in [0.2, 0.25) is 5.15 Å². The topological polar surface area (TPSA) is 56.0 Å². The molecule has 0 bridgehead atoms. The number of hydrogen-bond acceptors (Lipinski definition) is 3. The Morgan fingerprint density at radius 1 is 1.50 bits per heavy atom. The number of nitro groups is 1. The van der Waals surface area contributed by atoms with Crippen molar-refractivity contribution in [3.8, 4) is 0 Å². The highest BCUT2D eigenvalue weighted by Crippen LogP contribution is 2.36. The summed E-state index contributed by atoms with van der Waals surface area (Å²) in [5, 5.41) is 11.3. The normalized spacial score (nSPS) is 11.6. The van der Waals surface area contributed by atoms with E-state index in [0.717, 1.165) is 5.56 Å².